The Morgan fingerprint density at radius 2 is 1.70 bits per heavy atom. The van der Waals surface area contributed by atoms with Gasteiger partial charge in [-0.3, -0.25) is 4.79 Å². The fourth-order valence-electron chi connectivity index (χ4n) is 8.64. The normalized spacial score (nSPS) is 42.3. The third kappa shape index (κ3) is 2.98. The molecule has 1 aliphatic heterocycles. The second kappa shape index (κ2) is 6.82. The number of aryl methyl sites for hydroxylation is 1. The van der Waals surface area contributed by atoms with E-state index >= 15 is 0 Å². The van der Waals surface area contributed by atoms with Crippen LogP contribution >= 0.6 is 0 Å². The molecule has 1 spiro atoms. The lowest BCUT2D eigenvalue weighted by atomic mass is 9.53. The number of ether oxygens (including phenoxy) is 1. The fourth-order valence-corrected chi connectivity index (χ4v) is 8.64. The summed E-state index contributed by atoms with van der Waals surface area (Å²) in [5, 5.41) is 3.64. The second-order valence-corrected chi connectivity index (χ2v) is 11.7. The first-order valence-electron chi connectivity index (χ1n) is 12.5. The third-order valence-electron chi connectivity index (χ3n) is 9.70. The maximum absolute atomic E-state index is 13.3. The number of hydrogen-bond acceptors (Lipinski definition) is 2. The van der Waals surface area contributed by atoms with Crippen molar-refractivity contribution in [2.75, 3.05) is 0 Å². The van der Waals surface area contributed by atoms with Crippen LogP contribution in [0.4, 0.5) is 0 Å². The minimum atomic E-state index is -0.0900. The van der Waals surface area contributed by atoms with Crippen molar-refractivity contribution in [2.45, 2.75) is 95.8 Å². The van der Waals surface area contributed by atoms with Crippen LogP contribution in [0.5, 0.6) is 0 Å². The SMILES string of the molecule is Cc1cccc2c1C1(CCC(C(C)C(=O)NC34CC5CC(CC(C5)C3)C4)CC1)OC2. The average Bonchev–Trinajstić information content (AvgIpc) is 3.06. The highest BCUT2D eigenvalue weighted by Crippen LogP contribution is 2.56. The van der Waals surface area contributed by atoms with E-state index in [1.165, 1.54) is 55.2 Å². The Hall–Kier alpha value is -1.35. The number of nitrogens with one attached hydrogen (secondary N) is 1. The lowest BCUT2D eigenvalue weighted by Crippen LogP contribution is -2.61. The van der Waals surface area contributed by atoms with Gasteiger partial charge in [0.25, 0.3) is 0 Å². The Kier molecular flexibility index (Phi) is 4.40. The van der Waals surface area contributed by atoms with Crippen LogP contribution in [0.2, 0.25) is 0 Å². The van der Waals surface area contributed by atoms with Gasteiger partial charge in [0, 0.05) is 11.5 Å². The molecule has 1 amide bonds. The van der Waals surface area contributed by atoms with E-state index in [0.717, 1.165) is 50.0 Å². The van der Waals surface area contributed by atoms with E-state index in [1.807, 2.05) is 0 Å². The summed E-state index contributed by atoms with van der Waals surface area (Å²) >= 11 is 0. The molecule has 3 nitrogen and oxygen atoms in total. The van der Waals surface area contributed by atoms with E-state index in [0.29, 0.717) is 11.8 Å². The van der Waals surface area contributed by atoms with Crippen LogP contribution in [0, 0.1) is 36.5 Å². The van der Waals surface area contributed by atoms with Crippen molar-refractivity contribution < 1.29 is 9.53 Å². The Morgan fingerprint density at radius 1 is 1.07 bits per heavy atom. The van der Waals surface area contributed by atoms with Gasteiger partial charge in [0.05, 0.1) is 12.2 Å². The standard InChI is InChI=1S/C27H37NO2/c1-17-4-3-5-23-16-30-27(24(17)23)8-6-22(7-9-27)18(2)25(29)28-26-13-19-10-20(14-26)12-21(11-19)15-26/h3-5,18-22H,6-16H2,1-2H3,(H,28,29). The highest BCUT2D eigenvalue weighted by molar-refractivity contribution is 5.79. The molecule has 30 heavy (non-hydrogen) atoms. The van der Waals surface area contributed by atoms with Gasteiger partial charge < -0.3 is 10.1 Å². The Labute approximate surface area is 181 Å². The minimum Gasteiger partial charge on any atom is -0.366 e. The van der Waals surface area contributed by atoms with Gasteiger partial charge in [-0.05, 0) is 111 Å². The molecule has 6 aliphatic rings. The van der Waals surface area contributed by atoms with Gasteiger partial charge in [-0.25, -0.2) is 0 Å². The number of carbonyl (C=O) groups excluding carboxylic acids is 1. The first-order chi connectivity index (χ1) is 14.5. The molecule has 0 aromatic heterocycles. The highest BCUT2D eigenvalue weighted by Gasteiger charge is 2.52. The molecule has 1 atom stereocenters. The van der Waals surface area contributed by atoms with Crippen molar-refractivity contribution in [3.05, 3.63) is 34.9 Å². The predicted octanol–water partition coefficient (Wildman–Crippen LogP) is 5.63. The van der Waals surface area contributed by atoms with Crippen LogP contribution in [-0.2, 0) is 21.7 Å². The second-order valence-electron chi connectivity index (χ2n) is 11.7. The first kappa shape index (κ1) is 19.3. The maximum atomic E-state index is 13.3. The molecule has 1 unspecified atom stereocenters. The molecular weight excluding hydrogens is 370 g/mol. The predicted molar refractivity (Wildman–Crippen MR) is 118 cm³/mol. The summed E-state index contributed by atoms with van der Waals surface area (Å²) < 4.78 is 6.41. The molecule has 5 fully saturated rings. The summed E-state index contributed by atoms with van der Waals surface area (Å²) in [4.78, 5) is 13.3. The Balaban J connectivity index is 1.12. The molecule has 0 radical (unpaired) electrons. The zero-order chi connectivity index (χ0) is 20.5. The summed E-state index contributed by atoms with van der Waals surface area (Å²) in [7, 11) is 0. The van der Waals surface area contributed by atoms with Crippen LogP contribution in [-0.4, -0.2) is 11.4 Å². The van der Waals surface area contributed by atoms with Gasteiger partial charge in [-0.2, -0.15) is 0 Å². The first-order valence-corrected chi connectivity index (χ1v) is 12.5. The summed E-state index contributed by atoms with van der Waals surface area (Å²) in [6.45, 7) is 5.17. The van der Waals surface area contributed by atoms with Gasteiger partial charge in [-0.15, -0.1) is 0 Å². The summed E-state index contributed by atoms with van der Waals surface area (Å²) in [6, 6.07) is 6.60. The van der Waals surface area contributed by atoms with Crippen molar-refractivity contribution in [3.8, 4) is 0 Å². The molecule has 7 rings (SSSR count). The maximum Gasteiger partial charge on any atom is 0.223 e. The molecular formula is C27H37NO2. The number of fused-ring (bicyclic) bond motifs is 2. The lowest BCUT2D eigenvalue weighted by molar-refractivity contribution is -0.134. The van der Waals surface area contributed by atoms with Crippen LogP contribution in [0.15, 0.2) is 18.2 Å². The summed E-state index contributed by atoms with van der Waals surface area (Å²) in [5.74, 6) is 3.58. The number of carbonyl (C=O) groups is 1. The van der Waals surface area contributed by atoms with Crippen molar-refractivity contribution in [2.24, 2.45) is 29.6 Å². The highest BCUT2D eigenvalue weighted by atomic mass is 16.5. The van der Waals surface area contributed by atoms with E-state index in [9.17, 15) is 4.79 Å². The van der Waals surface area contributed by atoms with Crippen molar-refractivity contribution in [1.29, 1.82) is 0 Å². The summed E-state index contributed by atoms with van der Waals surface area (Å²) in [6.07, 6.45) is 12.3. The average molecular weight is 408 g/mol. The molecule has 0 saturated heterocycles. The van der Waals surface area contributed by atoms with Crippen molar-refractivity contribution in [1.82, 2.24) is 5.32 Å². The third-order valence-corrected chi connectivity index (χ3v) is 9.70. The quantitative estimate of drug-likeness (QED) is 0.705. The molecule has 3 heteroatoms. The molecule has 162 valence electrons. The van der Waals surface area contributed by atoms with Crippen molar-refractivity contribution in [3.63, 3.8) is 0 Å². The zero-order valence-electron chi connectivity index (χ0n) is 18.7. The zero-order valence-corrected chi connectivity index (χ0v) is 18.7. The monoisotopic (exact) mass is 407 g/mol. The van der Waals surface area contributed by atoms with E-state index in [2.05, 4.69) is 37.4 Å². The van der Waals surface area contributed by atoms with Crippen molar-refractivity contribution >= 4 is 5.91 Å². The fraction of sp³-hybridized carbons (Fsp3) is 0.741. The van der Waals surface area contributed by atoms with Crippen LogP contribution in [0.3, 0.4) is 0 Å². The lowest BCUT2D eigenvalue weighted by Gasteiger charge is -2.57. The molecule has 1 heterocycles. The van der Waals surface area contributed by atoms with Crippen LogP contribution < -0.4 is 5.32 Å². The number of hydrogen-bond donors (Lipinski definition) is 1. The van der Waals surface area contributed by atoms with E-state index in [1.54, 1.807) is 0 Å². The largest absolute Gasteiger partial charge is 0.366 e. The minimum absolute atomic E-state index is 0.0900. The molecule has 1 aromatic carbocycles. The molecule has 4 bridgehead atoms. The summed E-state index contributed by atoms with van der Waals surface area (Å²) in [5.41, 5.74) is 4.25. The molecule has 1 N–H and O–H groups in total. The van der Waals surface area contributed by atoms with Gasteiger partial charge in [-0.1, -0.05) is 25.1 Å². The smallest absolute Gasteiger partial charge is 0.223 e. The number of amides is 1. The topological polar surface area (TPSA) is 38.3 Å². The van der Waals surface area contributed by atoms with Gasteiger partial charge in [0.15, 0.2) is 0 Å². The van der Waals surface area contributed by atoms with Gasteiger partial charge >= 0.3 is 0 Å². The number of rotatable bonds is 3. The molecule has 1 aromatic rings. The van der Waals surface area contributed by atoms with E-state index in [4.69, 9.17) is 4.74 Å². The van der Waals surface area contributed by atoms with Gasteiger partial charge in [0.2, 0.25) is 5.91 Å². The van der Waals surface area contributed by atoms with E-state index in [-0.39, 0.29) is 17.1 Å². The van der Waals surface area contributed by atoms with Crippen LogP contribution in [0.25, 0.3) is 0 Å². The Morgan fingerprint density at radius 3 is 2.33 bits per heavy atom. The van der Waals surface area contributed by atoms with Crippen LogP contribution in [0.1, 0.15) is 87.8 Å². The Bertz CT molecular complexity index is 815. The van der Waals surface area contributed by atoms with E-state index < -0.39 is 0 Å². The molecule has 5 saturated carbocycles. The van der Waals surface area contributed by atoms with Gasteiger partial charge in [0.1, 0.15) is 0 Å². The number of benzene rings is 1. The molecule has 5 aliphatic carbocycles.